The third-order valence-corrected chi connectivity index (χ3v) is 2.05. The molecule has 0 rings (SSSR count). The van der Waals surface area contributed by atoms with E-state index in [0.29, 0.717) is 12.3 Å². The van der Waals surface area contributed by atoms with E-state index < -0.39 is 0 Å². The van der Waals surface area contributed by atoms with Crippen molar-refractivity contribution in [2.45, 2.75) is 26.7 Å². The van der Waals surface area contributed by atoms with Crippen LogP contribution in [0.25, 0.3) is 0 Å². The summed E-state index contributed by atoms with van der Waals surface area (Å²) in [4.78, 5) is 0. The van der Waals surface area contributed by atoms with Crippen molar-refractivity contribution in [1.82, 2.24) is 5.32 Å². The molecule has 74 valence electrons. The fourth-order valence-corrected chi connectivity index (χ4v) is 1.47. The van der Waals surface area contributed by atoms with Gasteiger partial charge in [-0.3, -0.25) is 4.39 Å². The molecular formula is C9H19ClFN. The molecule has 0 fully saturated rings. The predicted molar refractivity (Wildman–Crippen MR) is 52.6 cm³/mol. The Balaban J connectivity index is 3.33. The lowest BCUT2D eigenvalue weighted by Gasteiger charge is -2.23. The minimum Gasteiger partial charge on any atom is -0.316 e. The maximum atomic E-state index is 11.7. The van der Waals surface area contributed by atoms with Crippen molar-refractivity contribution in [2.75, 3.05) is 25.6 Å². The monoisotopic (exact) mass is 195 g/mol. The smallest absolute Gasteiger partial charge is 0.0906 e. The number of halogens is 2. The zero-order valence-corrected chi connectivity index (χ0v) is 8.75. The lowest BCUT2D eigenvalue weighted by molar-refractivity contribution is 0.325. The molecule has 0 spiro atoms. The second-order valence-corrected chi connectivity index (χ2v) is 4.20. The van der Waals surface area contributed by atoms with Crippen LogP contribution in [-0.4, -0.2) is 25.6 Å². The Morgan fingerprint density at radius 3 is 2.58 bits per heavy atom. The van der Waals surface area contributed by atoms with E-state index >= 15 is 0 Å². The normalized spacial score (nSPS) is 12.0. The Hall–Kier alpha value is 0.180. The zero-order chi connectivity index (χ0) is 9.45. The van der Waals surface area contributed by atoms with Crippen LogP contribution >= 0.6 is 11.6 Å². The molecule has 0 radical (unpaired) electrons. The van der Waals surface area contributed by atoms with Gasteiger partial charge in [0.15, 0.2) is 0 Å². The Bertz CT molecular complexity index is 107. The standard InChI is InChI=1S/C9H19ClFN/c1-9(2,4-5-10)8-12-7-3-6-11/h12H,3-8H2,1-2H3. The topological polar surface area (TPSA) is 12.0 Å². The molecule has 0 aromatic carbocycles. The highest BCUT2D eigenvalue weighted by atomic mass is 35.5. The van der Waals surface area contributed by atoms with Crippen molar-refractivity contribution >= 4 is 11.6 Å². The maximum Gasteiger partial charge on any atom is 0.0906 e. The molecule has 0 bridgehead atoms. The van der Waals surface area contributed by atoms with Gasteiger partial charge in [0, 0.05) is 12.4 Å². The Morgan fingerprint density at radius 2 is 2.08 bits per heavy atom. The number of nitrogens with one attached hydrogen (secondary N) is 1. The van der Waals surface area contributed by atoms with E-state index in [0.717, 1.165) is 19.5 Å². The van der Waals surface area contributed by atoms with E-state index in [4.69, 9.17) is 11.6 Å². The molecular weight excluding hydrogens is 177 g/mol. The van der Waals surface area contributed by atoms with Crippen LogP contribution in [0.1, 0.15) is 26.7 Å². The van der Waals surface area contributed by atoms with Gasteiger partial charge >= 0.3 is 0 Å². The van der Waals surface area contributed by atoms with Crippen LogP contribution in [0.3, 0.4) is 0 Å². The van der Waals surface area contributed by atoms with Crippen molar-refractivity contribution in [2.24, 2.45) is 5.41 Å². The summed E-state index contributed by atoms with van der Waals surface area (Å²) in [5, 5.41) is 3.21. The fraction of sp³-hybridized carbons (Fsp3) is 1.00. The average molecular weight is 196 g/mol. The molecule has 12 heavy (non-hydrogen) atoms. The lowest BCUT2D eigenvalue weighted by Crippen LogP contribution is -2.30. The summed E-state index contributed by atoms with van der Waals surface area (Å²) >= 11 is 5.64. The van der Waals surface area contributed by atoms with E-state index in [1.807, 2.05) is 0 Å². The highest BCUT2D eigenvalue weighted by molar-refractivity contribution is 6.17. The molecule has 0 saturated carbocycles. The van der Waals surface area contributed by atoms with E-state index in [1.54, 1.807) is 0 Å². The number of rotatable bonds is 7. The molecule has 0 aliphatic rings. The van der Waals surface area contributed by atoms with Crippen molar-refractivity contribution in [3.63, 3.8) is 0 Å². The molecule has 0 unspecified atom stereocenters. The fourth-order valence-electron chi connectivity index (χ4n) is 0.963. The van der Waals surface area contributed by atoms with Gasteiger partial charge in [-0.25, -0.2) is 0 Å². The Morgan fingerprint density at radius 1 is 1.42 bits per heavy atom. The molecule has 1 nitrogen and oxygen atoms in total. The number of alkyl halides is 2. The van der Waals surface area contributed by atoms with E-state index in [2.05, 4.69) is 19.2 Å². The first-order valence-corrected chi connectivity index (χ1v) is 4.98. The number of hydrogen-bond acceptors (Lipinski definition) is 1. The molecule has 0 heterocycles. The average Bonchev–Trinajstić information content (AvgIpc) is 1.98. The van der Waals surface area contributed by atoms with Gasteiger partial charge in [-0.1, -0.05) is 13.8 Å². The predicted octanol–water partition coefficient (Wildman–Crippen LogP) is 2.59. The van der Waals surface area contributed by atoms with Crippen LogP contribution in [0.2, 0.25) is 0 Å². The third-order valence-electron chi connectivity index (χ3n) is 1.86. The lowest BCUT2D eigenvalue weighted by atomic mass is 9.90. The van der Waals surface area contributed by atoms with Crippen molar-refractivity contribution in [3.05, 3.63) is 0 Å². The summed E-state index contributed by atoms with van der Waals surface area (Å²) in [6.07, 6.45) is 1.61. The van der Waals surface area contributed by atoms with E-state index in [9.17, 15) is 4.39 Å². The van der Waals surface area contributed by atoms with Gasteiger partial charge in [-0.15, -0.1) is 11.6 Å². The molecule has 3 heteroatoms. The quantitative estimate of drug-likeness (QED) is 0.487. The SMILES string of the molecule is CC(C)(CCCl)CNCCCF. The first kappa shape index (κ1) is 12.2. The van der Waals surface area contributed by atoms with Crippen molar-refractivity contribution in [1.29, 1.82) is 0 Å². The first-order valence-electron chi connectivity index (χ1n) is 4.45. The van der Waals surface area contributed by atoms with Gasteiger partial charge in [0.25, 0.3) is 0 Å². The second kappa shape index (κ2) is 6.67. The summed E-state index contributed by atoms with van der Waals surface area (Å²) in [6, 6.07) is 0. The van der Waals surface area contributed by atoms with E-state index in [-0.39, 0.29) is 12.1 Å². The van der Waals surface area contributed by atoms with Gasteiger partial charge in [0.05, 0.1) is 6.67 Å². The van der Waals surface area contributed by atoms with Crippen LogP contribution in [0.15, 0.2) is 0 Å². The molecule has 0 aliphatic heterocycles. The van der Waals surface area contributed by atoms with Gasteiger partial charge in [-0.2, -0.15) is 0 Å². The minimum atomic E-state index is -0.233. The first-order chi connectivity index (χ1) is 5.62. The summed E-state index contributed by atoms with van der Waals surface area (Å²) in [5.41, 5.74) is 0.234. The molecule has 0 amide bonds. The zero-order valence-electron chi connectivity index (χ0n) is 8.00. The third kappa shape index (κ3) is 6.86. The summed E-state index contributed by atoms with van der Waals surface area (Å²) < 4.78 is 11.7. The Labute approximate surface area is 79.7 Å². The summed E-state index contributed by atoms with van der Waals surface area (Å²) in [7, 11) is 0. The molecule has 0 saturated heterocycles. The highest BCUT2D eigenvalue weighted by Crippen LogP contribution is 2.19. The maximum absolute atomic E-state index is 11.7. The van der Waals surface area contributed by atoms with Gasteiger partial charge in [-0.05, 0) is 24.8 Å². The molecule has 0 atom stereocenters. The van der Waals surface area contributed by atoms with Crippen LogP contribution in [0.5, 0.6) is 0 Å². The highest BCUT2D eigenvalue weighted by Gasteiger charge is 2.15. The van der Waals surface area contributed by atoms with E-state index in [1.165, 1.54) is 0 Å². The molecule has 0 aliphatic carbocycles. The largest absolute Gasteiger partial charge is 0.316 e. The van der Waals surface area contributed by atoms with Gasteiger partial charge in [0.1, 0.15) is 0 Å². The molecule has 0 aromatic rings. The number of hydrogen-bond donors (Lipinski definition) is 1. The Kier molecular flexibility index (Phi) is 6.77. The van der Waals surface area contributed by atoms with Gasteiger partial charge < -0.3 is 5.32 Å². The van der Waals surface area contributed by atoms with Crippen LogP contribution in [0, 0.1) is 5.41 Å². The second-order valence-electron chi connectivity index (χ2n) is 3.82. The van der Waals surface area contributed by atoms with Crippen LogP contribution in [0.4, 0.5) is 4.39 Å². The summed E-state index contributed by atoms with van der Waals surface area (Å²) in [6.45, 7) is 5.78. The molecule has 1 N–H and O–H groups in total. The minimum absolute atomic E-state index is 0.233. The summed E-state index contributed by atoms with van der Waals surface area (Å²) in [5.74, 6) is 0.692. The molecule has 0 aromatic heterocycles. The van der Waals surface area contributed by atoms with Crippen LogP contribution < -0.4 is 5.32 Å². The van der Waals surface area contributed by atoms with Crippen LogP contribution in [-0.2, 0) is 0 Å². The van der Waals surface area contributed by atoms with Gasteiger partial charge in [0.2, 0.25) is 0 Å². The van der Waals surface area contributed by atoms with Crippen molar-refractivity contribution in [3.8, 4) is 0 Å². The van der Waals surface area contributed by atoms with Crippen molar-refractivity contribution < 1.29 is 4.39 Å².